The Labute approximate surface area is 131 Å². The molecule has 1 aromatic rings. The van der Waals surface area contributed by atoms with Gasteiger partial charge < -0.3 is 15.3 Å². The third-order valence-corrected chi connectivity index (χ3v) is 4.06. The van der Waals surface area contributed by atoms with Crippen LogP contribution >= 0.6 is 15.9 Å². The maximum Gasteiger partial charge on any atom is 0.317 e. The quantitative estimate of drug-likeness (QED) is 0.871. The summed E-state index contributed by atoms with van der Waals surface area (Å²) < 4.78 is 0.880. The molecule has 2 rings (SSSR count). The Balaban J connectivity index is 1.94. The number of carboxylic acids is 1. The molecule has 0 aromatic carbocycles. The van der Waals surface area contributed by atoms with Crippen LogP contribution in [0.3, 0.4) is 0 Å². The molecule has 2 unspecified atom stereocenters. The molecule has 1 aliphatic rings. The van der Waals surface area contributed by atoms with Crippen LogP contribution in [0.5, 0.6) is 0 Å². The van der Waals surface area contributed by atoms with E-state index in [9.17, 15) is 9.59 Å². The zero-order chi connectivity index (χ0) is 15.4. The molecule has 21 heavy (non-hydrogen) atoms. The Morgan fingerprint density at radius 1 is 1.52 bits per heavy atom. The number of pyridine rings is 1. The summed E-state index contributed by atoms with van der Waals surface area (Å²) in [4.78, 5) is 29.0. The van der Waals surface area contributed by atoms with Crippen molar-refractivity contribution >= 4 is 27.9 Å². The van der Waals surface area contributed by atoms with Crippen LogP contribution in [0.2, 0.25) is 0 Å². The molecule has 0 saturated carbocycles. The van der Waals surface area contributed by atoms with Gasteiger partial charge in [0.25, 0.3) is 0 Å². The number of aliphatic carboxylic acids is 1. The molecule has 0 radical (unpaired) electrons. The van der Waals surface area contributed by atoms with Gasteiger partial charge in [0.05, 0.1) is 17.7 Å². The molecule has 2 heterocycles. The minimum atomic E-state index is -0.838. The Kier molecular flexibility index (Phi) is 5.17. The number of rotatable bonds is 3. The van der Waals surface area contributed by atoms with Gasteiger partial charge in [-0.1, -0.05) is 0 Å². The summed E-state index contributed by atoms with van der Waals surface area (Å²) in [7, 11) is 0. The van der Waals surface area contributed by atoms with Crippen LogP contribution in [0.25, 0.3) is 0 Å². The Bertz CT molecular complexity index is 521. The lowest BCUT2D eigenvalue weighted by atomic mass is 9.99. The van der Waals surface area contributed by atoms with Crippen LogP contribution in [0, 0.1) is 5.92 Å². The SMILES string of the molecule is CC(NC(=O)N1CCCC(C(=O)O)C1)c1ccc(Br)cn1. The van der Waals surface area contributed by atoms with Crippen molar-refractivity contribution in [3.63, 3.8) is 0 Å². The third-order valence-electron chi connectivity index (χ3n) is 3.59. The summed E-state index contributed by atoms with van der Waals surface area (Å²) in [6.45, 7) is 2.71. The number of likely N-dealkylation sites (tertiary alicyclic amines) is 1. The van der Waals surface area contributed by atoms with Crippen molar-refractivity contribution in [3.8, 4) is 0 Å². The minimum absolute atomic E-state index is 0.226. The van der Waals surface area contributed by atoms with Gasteiger partial charge in [0, 0.05) is 23.8 Å². The van der Waals surface area contributed by atoms with E-state index < -0.39 is 11.9 Å². The average molecular weight is 356 g/mol. The zero-order valence-corrected chi connectivity index (χ0v) is 13.3. The van der Waals surface area contributed by atoms with Crippen molar-refractivity contribution in [3.05, 3.63) is 28.5 Å². The number of aromatic nitrogens is 1. The summed E-state index contributed by atoms with van der Waals surface area (Å²) in [5.74, 6) is -1.30. The monoisotopic (exact) mass is 355 g/mol. The minimum Gasteiger partial charge on any atom is -0.481 e. The first-order chi connectivity index (χ1) is 9.97. The number of hydrogen-bond donors (Lipinski definition) is 2. The molecule has 2 atom stereocenters. The first kappa shape index (κ1) is 15.8. The number of halogens is 1. The molecule has 1 saturated heterocycles. The van der Waals surface area contributed by atoms with Crippen LogP contribution in [0.1, 0.15) is 31.5 Å². The molecule has 1 aliphatic heterocycles. The topological polar surface area (TPSA) is 82.5 Å². The van der Waals surface area contributed by atoms with Gasteiger partial charge in [-0.25, -0.2) is 4.79 Å². The Morgan fingerprint density at radius 3 is 2.90 bits per heavy atom. The average Bonchev–Trinajstić information content (AvgIpc) is 2.48. The van der Waals surface area contributed by atoms with Crippen LogP contribution < -0.4 is 5.32 Å². The molecule has 0 aliphatic carbocycles. The molecule has 2 amide bonds. The molecule has 7 heteroatoms. The number of nitrogens with zero attached hydrogens (tertiary/aromatic N) is 2. The molecule has 114 valence electrons. The highest BCUT2D eigenvalue weighted by Crippen LogP contribution is 2.18. The van der Waals surface area contributed by atoms with Gasteiger partial charge >= 0.3 is 12.0 Å². The largest absolute Gasteiger partial charge is 0.481 e. The maximum absolute atomic E-state index is 12.2. The predicted octanol–water partition coefficient (Wildman–Crippen LogP) is 2.41. The number of carbonyl (C=O) groups excluding carboxylic acids is 1. The van der Waals surface area contributed by atoms with E-state index in [2.05, 4.69) is 26.2 Å². The highest BCUT2D eigenvalue weighted by molar-refractivity contribution is 9.10. The van der Waals surface area contributed by atoms with E-state index in [4.69, 9.17) is 5.11 Å². The van der Waals surface area contributed by atoms with E-state index in [0.717, 1.165) is 16.6 Å². The van der Waals surface area contributed by atoms with E-state index >= 15 is 0 Å². The fourth-order valence-electron chi connectivity index (χ4n) is 2.36. The number of piperidine rings is 1. The first-order valence-corrected chi connectivity index (χ1v) is 7.66. The molecule has 0 spiro atoms. The molecule has 2 N–H and O–H groups in total. The lowest BCUT2D eigenvalue weighted by molar-refractivity contribution is -0.143. The standard InChI is InChI=1S/C14H18BrN3O3/c1-9(12-5-4-11(15)7-16-12)17-14(21)18-6-2-3-10(8-18)13(19)20/h4-5,7,9-10H,2-3,6,8H2,1H3,(H,17,21)(H,19,20). The number of carboxylic acid groups (broad SMARTS) is 1. The number of hydrogen-bond acceptors (Lipinski definition) is 3. The van der Waals surface area contributed by atoms with E-state index in [1.165, 1.54) is 0 Å². The van der Waals surface area contributed by atoms with Gasteiger partial charge in [-0.2, -0.15) is 0 Å². The van der Waals surface area contributed by atoms with Crippen molar-refractivity contribution in [1.29, 1.82) is 0 Å². The smallest absolute Gasteiger partial charge is 0.317 e. The predicted molar refractivity (Wildman–Crippen MR) is 80.8 cm³/mol. The summed E-state index contributed by atoms with van der Waals surface area (Å²) in [6.07, 6.45) is 3.03. The van der Waals surface area contributed by atoms with Crippen LogP contribution in [0.15, 0.2) is 22.8 Å². The van der Waals surface area contributed by atoms with Gasteiger partial charge in [-0.3, -0.25) is 9.78 Å². The van der Waals surface area contributed by atoms with Crippen molar-refractivity contribution in [2.45, 2.75) is 25.8 Å². The second-order valence-corrected chi connectivity index (χ2v) is 6.11. The van der Waals surface area contributed by atoms with Gasteiger partial charge in [0.2, 0.25) is 0 Å². The lowest BCUT2D eigenvalue weighted by Crippen LogP contribution is -2.47. The van der Waals surface area contributed by atoms with Crippen molar-refractivity contribution in [1.82, 2.24) is 15.2 Å². The number of nitrogens with one attached hydrogen (secondary N) is 1. The van der Waals surface area contributed by atoms with Crippen LogP contribution in [-0.4, -0.2) is 40.1 Å². The molecule has 6 nitrogen and oxygen atoms in total. The number of amides is 2. The summed E-state index contributed by atoms with van der Waals surface area (Å²) in [5, 5.41) is 11.9. The van der Waals surface area contributed by atoms with Gasteiger partial charge in [-0.15, -0.1) is 0 Å². The van der Waals surface area contributed by atoms with Crippen LogP contribution in [0.4, 0.5) is 4.79 Å². The fourth-order valence-corrected chi connectivity index (χ4v) is 2.59. The normalized spacial score (nSPS) is 19.9. The second-order valence-electron chi connectivity index (χ2n) is 5.20. The highest BCUT2D eigenvalue weighted by Gasteiger charge is 2.28. The van der Waals surface area contributed by atoms with Gasteiger partial charge in [0.15, 0.2) is 0 Å². The number of carbonyl (C=O) groups is 2. The summed E-state index contributed by atoms with van der Waals surface area (Å²) in [5.41, 5.74) is 0.762. The van der Waals surface area contributed by atoms with E-state index in [1.807, 2.05) is 19.1 Å². The molecular weight excluding hydrogens is 338 g/mol. The molecule has 0 bridgehead atoms. The first-order valence-electron chi connectivity index (χ1n) is 6.87. The van der Waals surface area contributed by atoms with Gasteiger partial charge in [0.1, 0.15) is 0 Å². The van der Waals surface area contributed by atoms with Crippen LogP contribution in [-0.2, 0) is 4.79 Å². The fraction of sp³-hybridized carbons (Fsp3) is 0.500. The van der Waals surface area contributed by atoms with E-state index in [1.54, 1.807) is 11.1 Å². The van der Waals surface area contributed by atoms with Crippen molar-refractivity contribution < 1.29 is 14.7 Å². The summed E-state index contributed by atoms with van der Waals surface area (Å²) in [6, 6.07) is 3.24. The van der Waals surface area contributed by atoms with Crippen molar-refractivity contribution in [2.75, 3.05) is 13.1 Å². The second kappa shape index (κ2) is 6.89. The maximum atomic E-state index is 12.2. The van der Waals surface area contributed by atoms with E-state index in [-0.39, 0.29) is 18.6 Å². The third kappa shape index (κ3) is 4.17. The molecular formula is C14H18BrN3O3. The molecule has 1 aromatic heterocycles. The van der Waals surface area contributed by atoms with Crippen molar-refractivity contribution in [2.24, 2.45) is 5.92 Å². The summed E-state index contributed by atoms with van der Waals surface area (Å²) >= 11 is 3.31. The Morgan fingerprint density at radius 2 is 2.29 bits per heavy atom. The zero-order valence-electron chi connectivity index (χ0n) is 11.8. The highest BCUT2D eigenvalue weighted by atomic mass is 79.9. The Hall–Kier alpha value is -1.63. The lowest BCUT2D eigenvalue weighted by Gasteiger charge is -2.31. The van der Waals surface area contributed by atoms with E-state index in [0.29, 0.717) is 13.0 Å². The number of urea groups is 1. The van der Waals surface area contributed by atoms with Gasteiger partial charge in [-0.05, 0) is 47.8 Å². The molecule has 1 fully saturated rings.